The first-order valence-corrected chi connectivity index (χ1v) is 9.00. The minimum absolute atomic E-state index is 0.353. The van der Waals surface area contributed by atoms with Gasteiger partial charge in [0.2, 0.25) is 5.91 Å². The fourth-order valence-corrected chi connectivity index (χ4v) is 3.23. The number of para-hydroxylation sites is 2. The Bertz CT molecular complexity index is 924. The standard InChI is InChI=1S/C21H24N4O3/c1-14-9-11-15(12-10-14)21(2)19(27)25(20(28)23-21)13-18(26)22-16-7-5-6-8-17(16)24(3)4/h5-12H,13H2,1-4H3,(H,22,26)(H,23,28). The number of aryl methyl sites for hydroxylation is 1. The summed E-state index contributed by atoms with van der Waals surface area (Å²) in [6, 6.07) is 14.1. The van der Waals surface area contributed by atoms with Crippen molar-refractivity contribution in [2.45, 2.75) is 19.4 Å². The van der Waals surface area contributed by atoms with E-state index in [4.69, 9.17) is 0 Å². The van der Waals surface area contributed by atoms with Gasteiger partial charge in [0.05, 0.1) is 11.4 Å². The summed E-state index contributed by atoms with van der Waals surface area (Å²) >= 11 is 0. The molecule has 2 aromatic rings. The first kappa shape index (κ1) is 19.4. The fraction of sp³-hybridized carbons (Fsp3) is 0.286. The molecule has 0 aliphatic carbocycles. The Hall–Kier alpha value is -3.35. The van der Waals surface area contributed by atoms with E-state index in [-0.39, 0.29) is 6.54 Å². The summed E-state index contributed by atoms with van der Waals surface area (Å²) in [6.07, 6.45) is 0. The van der Waals surface area contributed by atoms with E-state index in [0.29, 0.717) is 11.3 Å². The van der Waals surface area contributed by atoms with Crippen LogP contribution in [0.4, 0.5) is 16.2 Å². The Labute approximate surface area is 164 Å². The second-order valence-electron chi connectivity index (χ2n) is 7.27. The number of benzene rings is 2. The molecule has 1 heterocycles. The largest absolute Gasteiger partial charge is 0.376 e. The molecule has 0 spiro atoms. The minimum Gasteiger partial charge on any atom is -0.376 e. The van der Waals surface area contributed by atoms with E-state index in [0.717, 1.165) is 16.2 Å². The topological polar surface area (TPSA) is 81.8 Å². The van der Waals surface area contributed by atoms with E-state index < -0.39 is 23.4 Å². The van der Waals surface area contributed by atoms with Crippen LogP contribution in [-0.4, -0.2) is 43.4 Å². The third-order valence-electron chi connectivity index (χ3n) is 4.87. The van der Waals surface area contributed by atoms with Crippen LogP contribution < -0.4 is 15.5 Å². The molecule has 0 saturated carbocycles. The Balaban J connectivity index is 1.76. The lowest BCUT2D eigenvalue weighted by Crippen LogP contribution is -2.42. The zero-order valence-corrected chi connectivity index (χ0v) is 16.4. The number of amides is 4. The predicted molar refractivity (Wildman–Crippen MR) is 108 cm³/mol. The highest BCUT2D eigenvalue weighted by Crippen LogP contribution is 2.29. The van der Waals surface area contributed by atoms with E-state index in [1.165, 1.54) is 0 Å². The Morgan fingerprint density at radius 3 is 2.39 bits per heavy atom. The maximum Gasteiger partial charge on any atom is 0.325 e. The summed E-state index contributed by atoms with van der Waals surface area (Å²) in [7, 11) is 3.74. The van der Waals surface area contributed by atoms with Gasteiger partial charge < -0.3 is 15.5 Å². The third kappa shape index (κ3) is 3.55. The van der Waals surface area contributed by atoms with Crippen molar-refractivity contribution >= 4 is 29.2 Å². The number of hydrogen-bond acceptors (Lipinski definition) is 4. The highest BCUT2D eigenvalue weighted by Gasteiger charge is 2.49. The first-order valence-electron chi connectivity index (χ1n) is 9.00. The summed E-state index contributed by atoms with van der Waals surface area (Å²) in [4.78, 5) is 40.7. The molecule has 0 aromatic heterocycles. The van der Waals surface area contributed by atoms with E-state index in [1.807, 2.05) is 68.4 Å². The average molecular weight is 380 g/mol. The number of imide groups is 1. The second-order valence-corrected chi connectivity index (χ2v) is 7.27. The van der Waals surface area contributed by atoms with Crippen LogP contribution in [0.15, 0.2) is 48.5 Å². The van der Waals surface area contributed by atoms with Crippen LogP contribution in [-0.2, 0) is 15.1 Å². The van der Waals surface area contributed by atoms with Gasteiger partial charge in [0.1, 0.15) is 12.1 Å². The quantitative estimate of drug-likeness (QED) is 0.781. The smallest absolute Gasteiger partial charge is 0.325 e. The lowest BCUT2D eigenvalue weighted by molar-refractivity contribution is -0.133. The summed E-state index contributed by atoms with van der Waals surface area (Å²) in [6.45, 7) is 3.24. The van der Waals surface area contributed by atoms with Crippen molar-refractivity contribution in [3.63, 3.8) is 0 Å². The minimum atomic E-state index is -1.19. The molecule has 146 valence electrons. The lowest BCUT2D eigenvalue weighted by atomic mass is 9.91. The number of nitrogens with zero attached hydrogens (tertiary/aromatic N) is 2. The number of nitrogens with one attached hydrogen (secondary N) is 2. The maximum absolute atomic E-state index is 12.9. The van der Waals surface area contributed by atoms with Gasteiger partial charge in [0, 0.05) is 14.1 Å². The molecule has 1 fully saturated rings. The van der Waals surface area contributed by atoms with Crippen molar-refractivity contribution < 1.29 is 14.4 Å². The van der Waals surface area contributed by atoms with Crippen LogP contribution in [0, 0.1) is 6.92 Å². The summed E-state index contributed by atoms with van der Waals surface area (Å²) in [5, 5.41) is 5.49. The normalized spacial score (nSPS) is 18.8. The van der Waals surface area contributed by atoms with Crippen LogP contribution in [0.1, 0.15) is 18.1 Å². The molecule has 2 aromatic carbocycles. The first-order chi connectivity index (χ1) is 13.2. The van der Waals surface area contributed by atoms with Crippen molar-refractivity contribution in [3.8, 4) is 0 Å². The molecule has 4 amide bonds. The van der Waals surface area contributed by atoms with E-state index in [2.05, 4.69) is 10.6 Å². The van der Waals surface area contributed by atoms with Gasteiger partial charge in [0.25, 0.3) is 5.91 Å². The van der Waals surface area contributed by atoms with Gasteiger partial charge in [-0.2, -0.15) is 0 Å². The van der Waals surface area contributed by atoms with Gasteiger partial charge >= 0.3 is 6.03 Å². The molecule has 28 heavy (non-hydrogen) atoms. The molecule has 7 heteroatoms. The molecule has 3 rings (SSSR count). The van der Waals surface area contributed by atoms with E-state index in [9.17, 15) is 14.4 Å². The molecule has 0 bridgehead atoms. The molecule has 1 unspecified atom stereocenters. The van der Waals surface area contributed by atoms with Crippen LogP contribution in [0.2, 0.25) is 0 Å². The number of rotatable bonds is 5. The third-order valence-corrected chi connectivity index (χ3v) is 4.87. The van der Waals surface area contributed by atoms with Gasteiger partial charge in [0.15, 0.2) is 0 Å². The van der Waals surface area contributed by atoms with Crippen molar-refractivity contribution in [3.05, 3.63) is 59.7 Å². The highest BCUT2D eigenvalue weighted by molar-refractivity contribution is 6.10. The van der Waals surface area contributed by atoms with Crippen molar-refractivity contribution in [2.24, 2.45) is 0 Å². The van der Waals surface area contributed by atoms with Crippen LogP contribution in [0.3, 0.4) is 0 Å². The fourth-order valence-electron chi connectivity index (χ4n) is 3.23. The molecule has 0 radical (unpaired) electrons. The molecule has 1 aliphatic heterocycles. The monoisotopic (exact) mass is 380 g/mol. The molecular formula is C21H24N4O3. The van der Waals surface area contributed by atoms with E-state index in [1.54, 1.807) is 13.0 Å². The van der Waals surface area contributed by atoms with Gasteiger partial charge in [-0.05, 0) is 31.5 Å². The average Bonchev–Trinajstić information content (AvgIpc) is 2.86. The van der Waals surface area contributed by atoms with Gasteiger partial charge in [-0.25, -0.2) is 4.79 Å². The predicted octanol–water partition coefficient (Wildman–Crippen LogP) is 2.47. The number of carbonyl (C=O) groups excluding carboxylic acids is 3. The number of anilines is 2. The molecule has 1 atom stereocenters. The second kappa shape index (κ2) is 7.34. The molecule has 1 saturated heterocycles. The number of carbonyl (C=O) groups is 3. The SMILES string of the molecule is Cc1ccc(C2(C)NC(=O)N(CC(=O)Nc3ccccc3N(C)C)C2=O)cc1. The number of hydrogen-bond donors (Lipinski definition) is 2. The zero-order valence-electron chi connectivity index (χ0n) is 16.4. The molecular weight excluding hydrogens is 356 g/mol. The maximum atomic E-state index is 12.9. The Morgan fingerprint density at radius 2 is 1.75 bits per heavy atom. The van der Waals surface area contributed by atoms with Crippen LogP contribution in [0.5, 0.6) is 0 Å². The molecule has 1 aliphatic rings. The zero-order chi connectivity index (χ0) is 20.5. The summed E-state index contributed by atoms with van der Waals surface area (Å²) in [5.74, 6) is -0.886. The van der Waals surface area contributed by atoms with Gasteiger partial charge in [-0.3, -0.25) is 14.5 Å². The summed E-state index contributed by atoms with van der Waals surface area (Å²) < 4.78 is 0. The van der Waals surface area contributed by atoms with Crippen LogP contribution >= 0.6 is 0 Å². The highest BCUT2D eigenvalue weighted by atomic mass is 16.2. The summed E-state index contributed by atoms with van der Waals surface area (Å²) in [5.41, 5.74) is 1.99. The molecule has 2 N–H and O–H groups in total. The van der Waals surface area contributed by atoms with E-state index >= 15 is 0 Å². The van der Waals surface area contributed by atoms with Crippen molar-refractivity contribution in [1.29, 1.82) is 0 Å². The lowest BCUT2D eigenvalue weighted by Gasteiger charge is -2.22. The van der Waals surface area contributed by atoms with Gasteiger partial charge in [-0.15, -0.1) is 0 Å². The van der Waals surface area contributed by atoms with Gasteiger partial charge in [-0.1, -0.05) is 42.0 Å². The molecule has 7 nitrogen and oxygen atoms in total. The van der Waals surface area contributed by atoms with Crippen LogP contribution in [0.25, 0.3) is 0 Å². The Kier molecular flexibility index (Phi) is 5.09. The number of urea groups is 1. The Morgan fingerprint density at radius 1 is 1.11 bits per heavy atom. The van der Waals surface area contributed by atoms with Crippen molar-refractivity contribution in [1.82, 2.24) is 10.2 Å². The van der Waals surface area contributed by atoms with Crippen molar-refractivity contribution in [2.75, 3.05) is 30.9 Å².